The van der Waals surface area contributed by atoms with Gasteiger partial charge in [-0.25, -0.2) is 0 Å². The number of carbonyl (C=O) groups is 1. The van der Waals surface area contributed by atoms with Gasteiger partial charge >= 0.3 is 5.97 Å². The molecule has 0 saturated carbocycles. The van der Waals surface area contributed by atoms with Gasteiger partial charge in [0.2, 0.25) is 0 Å². The highest BCUT2D eigenvalue weighted by Crippen LogP contribution is 2.11. The number of esters is 1. The molecule has 0 rings (SSSR count). The second-order valence-corrected chi connectivity index (χ2v) is 3.06. The SMILES string of the molecule is CCCC(C)C(NC)C(=O)OC. The van der Waals surface area contributed by atoms with E-state index in [0.717, 1.165) is 12.8 Å². The standard InChI is InChI=1S/C9H19NO2/c1-5-6-7(2)8(10-3)9(11)12-4/h7-8,10H,5-6H2,1-4H3. The van der Waals surface area contributed by atoms with E-state index in [1.54, 1.807) is 7.05 Å². The first-order valence-corrected chi connectivity index (χ1v) is 4.42. The predicted octanol–water partition coefficient (Wildman–Crippen LogP) is 1.18. The van der Waals surface area contributed by atoms with Crippen molar-refractivity contribution in [3.05, 3.63) is 0 Å². The smallest absolute Gasteiger partial charge is 0.323 e. The van der Waals surface area contributed by atoms with E-state index >= 15 is 0 Å². The fraction of sp³-hybridized carbons (Fsp3) is 0.889. The number of ether oxygens (including phenoxy) is 1. The molecule has 3 nitrogen and oxygen atoms in total. The summed E-state index contributed by atoms with van der Waals surface area (Å²) in [5.41, 5.74) is 0. The van der Waals surface area contributed by atoms with Crippen molar-refractivity contribution in [1.82, 2.24) is 5.32 Å². The molecule has 0 saturated heterocycles. The molecule has 0 aliphatic rings. The molecule has 3 heteroatoms. The number of likely N-dealkylation sites (N-methyl/N-ethyl adjacent to an activating group) is 1. The maximum atomic E-state index is 11.2. The molecule has 0 amide bonds. The van der Waals surface area contributed by atoms with Gasteiger partial charge in [0, 0.05) is 0 Å². The van der Waals surface area contributed by atoms with E-state index in [1.165, 1.54) is 7.11 Å². The minimum Gasteiger partial charge on any atom is -0.468 e. The Hall–Kier alpha value is -0.570. The molecule has 0 aromatic carbocycles. The lowest BCUT2D eigenvalue weighted by Crippen LogP contribution is -2.40. The largest absolute Gasteiger partial charge is 0.468 e. The summed E-state index contributed by atoms with van der Waals surface area (Å²) < 4.78 is 4.67. The van der Waals surface area contributed by atoms with Crippen molar-refractivity contribution >= 4 is 5.97 Å². The molecule has 0 bridgehead atoms. The average molecular weight is 173 g/mol. The summed E-state index contributed by atoms with van der Waals surface area (Å²) in [6, 6.07) is -0.157. The molecule has 2 unspecified atom stereocenters. The molecule has 72 valence electrons. The van der Waals surface area contributed by atoms with E-state index in [9.17, 15) is 4.79 Å². The number of methoxy groups -OCH3 is 1. The first kappa shape index (κ1) is 11.4. The Labute approximate surface area is 74.5 Å². The molecule has 2 atom stereocenters. The lowest BCUT2D eigenvalue weighted by Gasteiger charge is -2.20. The van der Waals surface area contributed by atoms with Crippen molar-refractivity contribution in [2.45, 2.75) is 32.7 Å². The van der Waals surface area contributed by atoms with Crippen LogP contribution in [0.4, 0.5) is 0 Å². The van der Waals surface area contributed by atoms with Crippen molar-refractivity contribution in [3.8, 4) is 0 Å². The van der Waals surface area contributed by atoms with Crippen molar-refractivity contribution in [2.75, 3.05) is 14.2 Å². The third kappa shape index (κ3) is 3.22. The molecule has 0 radical (unpaired) electrons. The van der Waals surface area contributed by atoms with Gasteiger partial charge in [0.15, 0.2) is 0 Å². The zero-order valence-corrected chi connectivity index (χ0v) is 8.39. The van der Waals surface area contributed by atoms with Crippen molar-refractivity contribution in [3.63, 3.8) is 0 Å². The Bertz CT molecular complexity index is 136. The molecule has 0 aromatic rings. The van der Waals surface area contributed by atoms with Crippen LogP contribution in [0.25, 0.3) is 0 Å². The first-order valence-electron chi connectivity index (χ1n) is 4.42. The Kier molecular flexibility index (Phi) is 5.72. The van der Waals surface area contributed by atoms with Gasteiger partial charge in [0.1, 0.15) is 6.04 Å². The lowest BCUT2D eigenvalue weighted by molar-refractivity contribution is -0.144. The summed E-state index contributed by atoms with van der Waals surface area (Å²) >= 11 is 0. The summed E-state index contributed by atoms with van der Waals surface area (Å²) in [6.07, 6.45) is 2.14. The highest BCUT2D eigenvalue weighted by atomic mass is 16.5. The van der Waals surface area contributed by atoms with Crippen LogP contribution in [0.2, 0.25) is 0 Å². The van der Waals surface area contributed by atoms with Crippen LogP contribution in [0.5, 0.6) is 0 Å². The van der Waals surface area contributed by atoms with E-state index in [0.29, 0.717) is 5.92 Å². The minimum absolute atomic E-state index is 0.157. The van der Waals surface area contributed by atoms with Crippen molar-refractivity contribution in [2.24, 2.45) is 5.92 Å². The maximum absolute atomic E-state index is 11.2. The zero-order chi connectivity index (χ0) is 9.56. The minimum atomic E-state index is -0.168. The maximum Gasteiger partial charge on any atom is 0.323 e. The van der Waals surface area contributed by atoms with Crippen molar-refractivity contribution in [1.29, 1.82) is 0 Å². The second kappa shape index (κ2) is 6.00. The quantitative estimate of drug-likeness (QED) is 0.634. The molecule has 1 N–H and O–H groups in total. The van der Waals surface area contributed by atoms with Gasteiger partial charge in [-0.3, -0.25) is 4.79 Å². The molecular weight excluding hydrogens is 154 g/mol. The summed E-state index contributed by atoms with van der Waals surface area (Å²) in [5.74, 6) is 0.172. The van der Waals surface area contributed by atoms with E-state index < -0.39 is 0 Å². The van der Waals surface area contributed by atoms with Crippen LogP contribution in [0.3, 0.4) is 0 Å². The predicted molar refractivity (Wildman–Crippen MR) is 48.9 cm³/mol. The molecule has 0 heterocycles. The highest BCUT2D eigenvalue weighted by Gasteiger charge is 2.22. The van der Waals surface area contributed by atoms with Crippen LogP contribution in [0.15, 0.2) is 0 Å². The Morgan fingerprint density at radius 2 is 2.17 bits per heavy atom. The van der Waals surface area contributed by atoms with E-state index in [4.69, 9.17) is 0 Å². The van der Waals surface area contributed by atoms with Crippen LogP contribution in [0.1, 0.15) is 26.7 Å². The summed E-state index contributed by atoms with van der Waals surface area (Å²) in [5, 5.41) is 2.96. The van der Waals surface area contributed by atoms with E-state index in [2.05, 4.69) is 23.9 Å². The molecule has 0 fully saturated rings. The number of hydrogen-bond acceptors (Lipinski definition) is 3. The Morgan fingerprint density at radius 1 is 1.58 bits per heavy atom. The van der Waals surface area contributed by atoms with Gasteiger partial charge in [0.05, 0.1) is 7.11 Å². The third-order valence-electron chi connectivity index (χ3n) is 2.08. The zero-order valence-electron chi connectivity index (χ0n) is 8.39. The van der Waals surface area contributed by atoms with Crippen molar-refractivity contribution < 1.29 is 9.53 Å². The molecule has 0 aliphatic heterocycles. The van der Waals surface area contributed by atoms with Crippen LogP contribution in [-0.2, 0) is 9.53 Å². The highest BCUT2D eigenvalue weighted by molar-refractivity contribution is 5.75. The van der Waals surface area contributed by atoms with Crippen LogP contribution < -0.4 is 5.32 Å². The summed E-state index contributed by atoms with van der Waals surface area (Å²) in [6.45, 7) is 4.17. The number of rotatable bonds is 5. The van der Waals surface area contributed by atoms with Crippen LogP contribution in [0, 0.1) is 5.92 Å². The third-order valence-corrected chi connectivity index (χ3v) is 2.08. The topological polar surface area (TPSA) is 38.3 Å². The van der Waals surface area contributed by atoms with Gasteiger partial charge in [-0.15, -0.1) is 0 Å². The van der Waals surface area contributed by atoms with Gasteiger partial charge in [-0.05, 0) is 19.4 Å². The average Bonchev–Trinajstić information content (AvgIpc) is 2.06. The van der Waals surface area contributed by atoms with Gasteiger partial charge in [-0.2, -0.15) is 0 Å². The summed E-state index contributed by atoms with van der Waals surface area (Å²) in [4.78, 5) is 11.2. The Balaban J connectivity index is 4.03. The molecule has 0 aliphatic carbocycles. The Morgan fingerprint density at radius 3 is 2.50 bits per heavy atom. The number of hydrogen-bond donors (Lipinski definition) is 1. The van der Waals surface area contributed by atoms with Crippen LogP contribution in [-0.4, -0.2) is 26.2 Å². The van der Waals surface area contributed by atoms with Gasteiger partial charge in [-0.1, -0.05) is 20.3 Å². The van der Waals surface area contributed by atoms with E-state index in [-0.39, 0.29) is 12.0 Å². The molecular formula is C9H19NO2. The molecule has 0 aromatic heterocycles. The molecule has 12 heavy (non-hydrogen) atoms. The summed E-state index contributed by atoms with van der Waals surface area (Å²) in [7, 11) is 3.21. The van der Waals surface area contributed by atoms with Crippen LogP contribution >= 0.6 is 0 Å². The first-order chi connectivity index (χ1) is 5.67. The number of nitrogens with one attached hydrogen (secondary N) is 1. The number of carbonyl (C=O) groups excluding carboxylic acids is 1. The molecule has 0 spiro atoms. The fourth-order valence-electron chi connectivity index (χ4n) is 1.38. The second-order valence-electron chi connectivity index (χ2n) is 3.06. The lowest BCUT2D eigenvalue weighted by atomic mass is 9.97. The van der Waals surface area contributed by atoms with E-state index in [1.807, 2.05) is 0 Å². The van der Waals surface area contributed by atoms with Gasteiger partial charge < -0.3 is 10.1 Å². The fourth-order valence-corrected chi connectivity index (χ4v) is 1.38. The van der Waals surface area contributed by atoms with Gasteiger partial charge in [0.25, 0.3) is 0 Å². The normalized spacial score (nSPS) is 15.3. The monoisotopic (exact) mass is 173 g/mol.